The van der Waals surface area contributed by atoms with E-state index in [0.29, 0.717) is 12.1 Å². The fourth-order valence-corrected chi connectivity index (χ4v) is 6.97. The van der Waals surface area contributed by atoms with Gasteiger partial charge in [0.1, 0.15) is 5.82 Å². The number of sulfonamides is 2. The third-order valence-electron chi connectivity index (χ3n) is 5.74. The molecule has 0 spiro atoms. The highest BCUT2D eigenvalue weighted by Gasteiger charge is 2.31. The molecule has 2 aromatic carbocycles. The Morgan fingerprint density at radius 2 is 1.48 bits per heavy atom. The second-order valence-electron chi connectivity index (χ2n) is 7.87. The van der Waals surface area contributed by atoms with E-state index in [1.54, 1.807) is 6.92 Å². The van der Waals surface area contributed by atoms with E-state index in [4.69, 9.17) is 0 Å². The summed E-state index contributed by atoms with van der Waals surface area (Å²) < 4.78 is 68.9. The molecule has 0 aliphatic heterocycles. The van der Waals surface area contributed by atoms with Crippen molar-refractivity contribution in [3.05, 3.63) is 59.9 Å². The molecule has 1 saturated carbocycles. The maximum absolute atomic E-state index is 13.1. The first kappa shape index (κ1) is 23.8. The molecule has 170 valence electrons. The van der Waals surface area contributed by atoms with E-state index in [1.165, 1.54) is 52.8 Å². The molecule has 0 amide bonds. The molecule has 1 aliphatic rings. The molecule has 0 radical (unpaired) electrons. The van der Waals surface area contributed by atoms with Gasteiger partial charge in [0.2, 0.25) is 20.0 Å². The summed E-state index contributed by atoms with van der Waals surface area (Å²) in [6.45, 7) is 3.86. The summed E-state index contributed by atoms with van der Waals surface area (Å²) in [5.74, 6) is -0.398. The highest BCUT2D eigenvalue weighted by Crippen LogP contribution is 2.28. The lowest BCUT2D eigenvalue weighted by Gasteiger charge is -2.32. The topological polar surface area (TPSA) is 83.6 Å². The third kappa shape index (κ3) is 5.52. The van der Waals surface area contributed by atoms with Crippen LogP contribution in [0.5, 0.6) is 0 Å². The van der Waals surface area contributed by atoms with Gasteiger partial charge in [-0.25, -0.2) is 25.9 Å². The quantitative estimate of drug-likeness (QED) is 0.629. The Morgan fingerprint density at radius 1 is 0.935 bits per heavy atom. The summed E-state index contributed by atoms with van der Waals surface area (Å²) in [7, 11) is -7.58. The average Bonchev–Trinajstić information content (AvgIpc) is 2.75. The Kier molecular flexibility index (Phi) is 7.51. The Hall–Kier alpha value is -1.81. The lowest BCUT2D eigenvalue weighted by molar-refractivity contribution is 0.261. The number of hydrogen-bond donors (Lipinski definition) is 1. The molecule has 0 aromatic heterocycles. The molecule has 0 heterocycles. The van der Waals surface area contributed by atoms with Crippen LogP contribution in [0.2, 0.25) is 0 Å². The summed E-state index contributed by atoms with van der Waals surface area (Å²) in [5, 5.41) is 0. The predicted octanol–water partition coefficient (Wildman–Crippen LogP) is 4.21. The maximum atomic E-state index is 13.1. The van der Waals surface area contributed by atoms with Crippen LogP contribution in [0.1, 0.15) is 57.6 Å². The number of benzene rings is 2. The van der Waals surface area contributed by atoms with E-state index < -0.39 is 31.9 Å². The zero-order valence-electron chi connectivity index (χ0n) is 17.8. The van der Waals surface area contributed by atoms with Crippen LogP contribution in [-0.4, -0.2) is 33.7 Å². The van der Waals surface area contributed by atoms with Gasteiger partial charge in [-0.15, -0.1) is 0 Å². The minimum Gasteiger partial charge on any atom is -0.207 e. The van der Waals surface area contributed by atoms with Crippen molar-refractivity contribution in [1.82, 2.24) is 9.03 Å². The highest BCUT2D eigenvalue weighted by atomic mass is 32.2. The molecular weight excluding hydrogens is 439 g/mol. The molecule has 0 bridgehead atoms. The monoisotopic (exact) mass is 468 g/mol. The van der Waals surface area contributed by atoms with E-state index >= 15 is 0 Å². The van der Waals surface area contributed by atoms with Crippen molar-refractivity contribution in [1.29, 1.82) is 0 Å². The summed E-state index contributed by atoms with van der Waals surface area (Å²) in [6.07, 6.45) is 4.87. The van der Waals surface area contributed by atoms with Crippen molar-refractivity contribution >= 4 is 20.0 Å². The minimum absolute atomic E-state index is 0.00890. The predicted molar refractivity (Wildman–Crippen MR) is 118 cm³/mol. The van der Waals surface area contributed by atoms with Crippen molar-refractivity contribution < 1.29 is 21.2 Å². The SMILES string of the molecule is CCN(C1CCCCC1)S(=O)(=O)c1ccc(S(=O)(=O)N[C@@H](C)c2ccc(F)cc2)cc1. The molecule has 1 aliphatic carbocycles. The van der Waals surface area contributed by atoms with Gasteiger partial charge in [-0.05, 0) is 61.7 Å². The van der Waals surface area contributed by atoms with Gasteiger partial charge >= 0.3 is 0 Å². The molecule has 1 N–H and O–H groups in total. The highest BCUT2D eigenvalue weighted by molar-refractivity contribution is 7.89. The number of halogens is 1. The third-order valence-corrected chi connectivity index (χ3v) is 9.33. The van der Waals surface area contributed by atoms with Gasteiger partial charge in [0.25, 0.3) is 0 Å². The molecule has 3 rings (SSSR count). The Morgan fingerprint density at radius 3 is 2.03 bits per heavy atom. The van der Waals surface area contributed by atoms with Gasteiger partial charge < -0.3 is 0 Å². The first-order valence-corrected chi connectivity index (χ1v) is 13.5. The second-order valence-corrected chi connectivity index (χ2v) is 11.5. The summed E-state index contributed by atoms with van der Waals surface area (Å²) >= 11 is 0. The molecule has 0 saturated heterocycles. The van der Waals surface area contributed by atoms with Crippen LogP contribution in [0.3, 0.4) is 0 Å². The van der Waals surface area contributed by atoms with Crippen LogP contribution in [0.25, 0.3) is 0 Å². The minimum atomic E-state index is -3.88. The average molecular weight is 469 g/mol. The normalized spacial score (nSPS) is 17.0. The second kappa shape index (κ2) is 9.77. The number of nitrogens with zero attached hydrogens (tertiary/aromatic N) is 1. The first-order valence-electron chi connectivity index (χ1n) is 10.5. The van der Waals surface area contributed by atoms with Gasteiger partial charge in [0.05, 0.1) is 9.79 Å². The summed E-state index contributed by atoms with van der Waals surface area (Å²) in [6, 6.07) is 10.3. The van der Waals surface area contributed by atoms with Crippen molar-refractivity contribution in [2.24, 2.45) is 0 Å². The van der Waals surface area contributed by atoms with E-state index in [9.17, 15) is 21.2 Å². The van der Waals surface area contributed by atoms with E-state index in [-0.39, 0.29) is 15.8 Å². The van der Waals surface area contributed by atoms with Gasteiger partial charge in [-0.1, -0.05) is 38.3 Å². The molecule has 6 nitrogen and oxygen atoms in total. The number of hydrogen-bond acceptors (Lipinski definition) is 4. The van der Waals surface area contributed by atoms with E-state index in [0.717, 1.165) is 32.1 Å². The van der Waals surface area contributed by atoms with Gasteiger partial charge in [0.15, 0.2) is 0 Å². The standard InChI is InChI=1S/C22H29FN2O4S2/c1-3-25(20-7-5-4-6-8-20)31(28,29)22-15-13-21(14-16-22)30(26,27)24-17(2)18-9-11-19(23)12-10-18/h9-17,20,24H,3-8H2,1-2H3/t17-/m0/s1. The van der Waals surface area contributed by atoms with Crippen molar-refractivity contribution in [2.75, 3.05) is 6.54 Å². The lowest BCUT2D eigenvalue weighted by Crippen LogP contribution is -2.41. The van der Waals surface area contributed by atoms with Gasteiger partial charge in [-0.2, -0.15) is 4.31 Å². The Bertz CT molecular complexity index is 1080. The van der Waals surface area contributed by atoms with E-state index in [2.05, 4.69) is 4.72 Å². The Labute approximate surface area is 184 Å². The molecule has 1 atom stereocenters. The van der Waals surface area contributed by atoms with Crippen LogP contribution in [0.4, 0.5) is 4.39 Å². The van der Waals surface area contributed by atoms with Crippen LogP contribution in [0.15, 0.2) is 58.3 Å². The molecule has 1 fully saturated rings. The zero-order valence-corrected chi connectivity index (χ0v) is 19.4. The van der Waals surface area contributed by atoms with E-state index in [1.807, 2.05) is 6.92 Å². The Balaban J connectivity index is 1.78. The molecular formula is C22H29FN2O4S2. The summed E-state index contributed by atoms with van der Waals surface area (Å²) in [4.78, 5) is 0.0617. The number of nitrogens with one attached hydrogen (secondary N) is 1. The van der Waals surface area contributed by atoms with Crippen molar-refractivity contribution in [2.45, 2.75) is 67.8 Å². The molecule has 31 heavy (non-hydrogen) atoms. The van der Waals surface area contributed by atoms with Crippen LogP contribution >= 0.6 is 0 Å². The summed E-state index contributed by atoms with van der Waals surface area (Å²) in [5.41, 5.74) is 0.621. The molecule has 9 heteroatoms. The van der Waals surface area contributed by atoms with Gasteiger partial charge in [0, 0.05) is 18.6 Å². The smallest absolute Gasteiger partial charge is 0.207 e. The van der Waals surface area contributed by atoms with Crippen LogP contribution in [-0.2, 0) is 20.0 Å². The first-order chi connectivity index (χ1) is 14.6. The van der Waals surface area contributed by atoms with Crippen molar-refractivity contribution in [3.8, 4) is 0 Å². The molecule has 2 aromatic rings. The van der Waals surface area contributed by atoms with Crippen molar-refractivity contribution in [3.63, 3.8) is 0 Å². The number of rotatable bonds is 8. The lowest BCUT2D eigenvalue weighted by atomic mass is 9.95. The van der Waals surface area contributed by atoms with Crippen LogP contribution < -0.4 is 4.72 Å². The fourth-order valence-electron chi connectivity index (χ4n) is 4.04. The largest absolute Gasteiger partial charge is 0.243 e. The maximum Gasteiger partial charge on any atom is 0.243 e. The van der Waals surface area contributed by atoms with Gasteiger partial charge in [-0.3, -0.25) is 0 Å². The fraction of sp³-hybridized carbons (Fsp3) is 0.455. The van der Waals surface area contributed by atoms with Crippen LogP contribution in [0, 0.1) is 5.82 Å². The molecule has 0 unspecified atom stereocenters. The zero-order chi connectivity index (χ0) is 22.6.